The Kier molecular flexibility index (Phi) is 4.07. The standard InChI is InChI=1S/C14H20N2O3/c1-9-3-4-11(12(17)7-9)14(18)16-5-6-19-13(8-16)10(2)15/h3-4,7,10,13,17H,5-6,8,15H2,1-2H3. The van der Waals surface area contributed by atoms with Crippen LogP contribution in [0.3, 0.4) is 0 Å². The van der Waals surface area contributed by atoms with Crippen LogP contribution in [0, 0.1) is 6.92 Å². The van der Waals surface area contributed by atoms with Crippen molar-refractivity contribution in [2.24, 2.45) is 5.73 Å². The van der Waals surface area contributed by atoms with Crippen molar-refractivity contribution in [3.8, 4) is 5.75 Å². The molecule has 2 atom stereocenters. The second kappa shape index (κ2) is 5.59. The predicted molar refractivity (Wildman–Crippen MR) is 72.1 cm³/mol. The molecule has 104 valence electrons. The first-order valence-electron chi connectivity index (χ1n) is 6.45. The van der Waals surface area contributed by atoms with Gasteiger partial charge < -0.3 is 20.5 Å². The average Bonchev–Trinajstić information content (AvgIpc) is 2.38. The molecule has 1 saturated heterocycles. The van der Waals surface area contributed by atoms with Crippen LogP contribution in [-0.4, -0.2) is 47.8 Å². The van der Waals surface area contributed by atoms with Crippen molar-refractivity contribution in [2.75, 3.05) is 19.7 Å². The Morgan fingerprint density at radius 2 is 2.32 bits per heavy atom. The molecule has 0 aliphatic carbocycles. The lowest BCUT2D eigenvalue weighted by molar-refractivity contribution is -0.0300. The number of amides is 1. The number of aryl methyl sites for hydroxylation is 1. The van der Waals surface area contributed by atoms with Crippen molar-refractivity contribution in [1.29, 1.82) is 0 Å². The van der Waals surface area contributed by atoms with Crippen molar-refractivity contribution in [3.63, 3.8) is 0 Å². The molecule has 1 aromatic rings. The Balaban J connectivity index is 2.15. The van der Waals surface area contributed by atoms with Gasteiger partial charge in [-0.15, -0.1) is 0 Å². The van der Waals surface area contributed by atoms with Crippen LogP contribution in [0.5, 0.6) is 5.75 Å². The van der Waals surface area contributed by atoms with E-state index in [1.54, 1.807) is 17.0 Å². The summed E-state index contributed by atoms with van der Waals surface area (Å²) in [5.74, 6) is -0.153. The summed E-state index contributed by atoms with van der Waals surface area (Å²) in [6, 6.07) is 4.94. The molecule has 1 fully saturated rings. The highest BCUT2D eigenvalue weighted by atomic mass is 16.5. The van der Waals surface area contributed by atoms with E-state index in [1.807, 2.05) is 19.9 Å². The fourth-order valence-corrected chi connectivity index (χ4v) is 2.17. The number of phenolic OH excluding ortho intramolecular Hbond substituents is 1. The van der Waals surface area contributed by atoms with Gasteiger partial charge in [-0.1, -0.05) is 6.07 Å². The minimum Gasteiger partial charge on any atom is -0.507 e. The second-order valence-corrected chi connectivity index (χ2v) is 5.04. The number of hydrogen-bond donors (Lipinski definition) is 2. The maximum atomic E-state index is 12.4. The quantitative estimate of drug-likeness (QED) is 0.831. The van der Waals surface area contributed by atoms with Crippen LogP contribution >= 0.6 is 0 Å². The summed E-state index contributed by atoms with van der Waals surface area (Å²) in [6.07, 6.45) is -0.148. The minimum absolute atomic E-state index is 0.0221. The van der Waals surface area contributed by atoms with Gasteiger partial charge in [0.2, 0.25) is 0 Å². The van der Waals surface area contributed by atoms with Crippen molar-refractivity contribution < 1.29 is 14.6 Å². The van der Waals surface area contributed by atoms with Gasteiger partial charge in [0.15, 0.2) is 0 Å². The van der Waals surface area contributed by atoms with Gasteiger partial charge in [-0.3, -0.25) is 4.79 Å². The van der Waals surface area contributed by atoms with E-state index in [9.17, 15) is 9.90 Å². The summed E-state index contributed by atoms with van der Waals surface area (Å²) in [5, 5.41) is 9.86. The fraction of sp³-hybridized carbons (Fsp3) is 0.500. The van der Waals surface area contributed by atoms with Gasteiger partial charge in [0.1, 0.15) is 5.75 Å². The minimum atomic E-state index is -0.175. The number of rotatable bonds is 2. The molecular formula is C14H20N2O3. The Hall–Kier alpha value is -1.59. The van der Waals surface area contributed by atoms with E-state index < -0.39 is 0 Å². The topological polar surface area (TPSA) is 75.8 Å². The molecule has 0 aromatic heterocycles. The van der Waals surface area contributed by atoms with Crippen LogP contribution in [0.2, 0.25) is 0 Å². The first-order chi connectivity index (χ1) is 8.99. The fourth-order valence-electron chi connectivity index (χ4n) is 2.17. The summed E-state index contributed by atoms with van der Waals surface area (Å²) < 4.78 is 5.52. The molecule has 0 saturated carbocycles. The molecular weight excluding hydrogens is 244 g/mol. The molecule has 1 aromatic carbocycles. The Bertz CT molecular complexity index is 474. The van der Waals surface area contributed by atoms with Gasteiger partial charge in [-0.25, -0.2) is 0 Å². The molecule has 0 radical (unpaired) electrons. The van der Waals surface area contributed by atoms with Crippen molar-refractivity contribution in [3.05, 3.63) is 29.3 Å². The van der Waals surface area contributed by atoms with Crippen LogP contribution in [0.1, 0.15) is 22.8 Å². The third-order valence-corrected chi connectivity index (χ3v) is 3.35. The zero-order valence-corrected chi connectivity index (χ0v) is 11.3. The monoisotopic (exact) mass is 264 g/mol. The molecule has 1 amide bonds. The number of carbonyl (C=O) groups is 1. The maximum absolute atomic E-state index is 12.4. The van der Waals surface area contributed by atoms with Crippen LogP contribution < -0.4 is 5.73 Å². The number of aromatic hydroxyl groups is 1. The molecule has 5 nitrogen and oxygen atoms in total. The first-order valence-corrected chi connectivity index (χ1v) is 6.45. The zero-order valence-electron chi connectivity index (χ0n) is 11.3. The highest BCUT2D eigenvalue weighted by Crippen LogP contribution is 2.21. The van der Waals surface area contributed by atoms with Gasteiger partial charge in [-0.05, 0) is 31.5 Å². The summed E-state index contributed by atoms with van der Waals surface area (Å²) >= 11 is 0. The molecule has 1 heterocycles. The van der Waals surface area contributed by atoms with E-state index in [2.05, 4.69) is 0 Å². The Labute approximate surface area is 113 Å². The molecule has 1 aliphatic heterocycles. The number of hydrogen-bond acceptors (Lipinski definition) is 4. The SMILES string of the molecule is Cc1ccc(C(=O)N2CCOC(C(C)N)C2)c(O)c1. The lowest BCUT2D eigenvalue weighted by Crippen LogP contribution is -2.51. The summed E-state index contributed by atoms with van der Waals surface area (Å²) in [4.78, 5) is 14.1. The van der Waals surface area contributed by atoms with E-state index in [1.165, 1.54) is 0 Å². The Morgan fingerprint density at radius 1 is 1.58 bits per heavy atom. The summed E-state index contributed by atoms with van der Waals surface area (Å²) in [5.41, 5.74) is 7.06. The summed E-state index contributed by atoms with van der Waals surface area (Å²) in [7, 11) is 0. The molecule has 0 spiro atoms. The van der Waals surface area contributed by atoms with Gasteiger partial charge in [-0.2, -0.15) is 0 Å². The van der Waals surface area contributed by atoms with Gasteiger partial charge in [0.25, 0.3) is 5.91 Å². The largest absolute Gasteiger partial charge is 0.507 e. The number of morpholine rings is 1. The smallest absolute Gasteiger partial charge is 0.257 e. The van der Waals surface area contributed by atoms with E-state index in [0.29, 0.717) is 25.3 Å². The predicted octanol–water partition coefficient (Wildman–Crippen LogP) is 0.889. The molecule has 2 rings (SSSR count). The average molecular weight is 264 g/mol. The van der Waals surface area contributed by atoms with E-state index in [0.717, 1.165) is 5.56 Å². The van der Waals surface area contributed by atoms with Crippen LogP contribution in [0.4, 0.5) is 0 Å². The lowest BCUT2D eigenvalue weighted by atomic mass is 10.1. The second-order valence-electron chi connectivity index (χ2n) is 5.04. The summed E-state index contributed by atoms with van der Waals surface area (Å²) in [6.45, 7) is 5.20. The van der Waals surface area contributed by atoms with E-state index >= 15 is 0 Å². The number of nitrogens with zero attached hydrogens (tertiary/aromatic N) is 1. The lowest BCUT2D eigenvalue weighted by Gasteiger charge is -2.34. The number of carbonyl (C=O) groups excluding carboxylic acids is 1. The Morgan fingerprint density at radius 3 is 2.95 bits per heavy atom. The third kappa shape index (κ3) is 3.05. The number of nitrogens with two attached hydrogens (primary N) is 1. The van der Waals surface area contributed by atoms with Gasteiger partial charge >= 0.3 is 0 Å². The van der Waals surface area contributed by atoms with Crippen molar-refractivity contribution in [1.82, 2.24) is 4.90 Å². The number of ether oxygens (including phenoxy) is 1. The molecule has 5 heteroatoms. The van der Waals surface area contributed by atoms with Crippen LogP contribution in [0.15, 0.2) is 18.2 Å². The number of phenols is 1. The van der Waals surface area contributed by atoms with Gasteiger partial charge in [0, 0.05) is 19.1 Å². The molecule has 0 bridgehead atoms. The van der Waals surface area contributed by atoms with Gasteiger partial charge in [0.05, 0.1) is 18.3 Å². The highest BCUT2D eigenvalue weighted by Gasteiger charge is 2.28. The molecule has 3 N–H and O–H groups in total. The maximum Gasteiger partial charge on any atom is 0.257 e. The van der Waals surface area contributed by atoms with Crippen LogP contribution in [-0.2, 0) is 4.74 Å². The van der Waals surface area contributed by atoms with Crippen molar-refractivity contribution >= 4 is 5.91 Å². The highest BCUT2D eigenvalue weighted by molar-refractivity contribution is 5.97. The van der Waals surface area contributed by atoms with Crippen LogP contribution in [0.25, 0.3) is 0 Å². The van der Waals surface area contributed by atoms with E-state index in [-0.39, 0.29) is 23.8 Å². The molecule has 19 heavy (non-hydrogen) atoms. The molecule has 2 unspecified atom stereocenters. The zero-order chi connectivity index (χ0) is 14.0. The van der Waals surface area contributed by atoms with E-state index in [4.69, 9.17) is 10.5 Å². The third-order valence-electron chi connectivity index (χ3n) is 3.35. The first kappa shape index (κ1) is 13.8. The van der Waals surface area contributed by atoms with Crippen molar-refractivity contribution in [2.45, 2.75) is 26.0 Å². The normalized spacial score (nSPS) is 21.2. The number of benzene rings is 1. The molecule has 1 aliphatic rings.